The average Bonchev–Trinajstić information content (AvgIpc) is 2.90. The van der Waals surface area contributed by atoms with Crippen molar-refractivity contribution in [1.29, 1.82) is 0 Å². The Balaban J connectivity index is 1.77. The quantitative estimate of drug-likeness (QED) is 0.851. The Morgan fingerprint density at radius 1 is 1.21 bits per heavy atom. The van der Waals surface area contributed by atoms with Crippen LogP contribution >= 0.6 is 15.9 Å². The Morgan fingerprint density at radius 3 is 2.58 bits per heavy atom. The van der Waals surface area contributed by atoms with Gasteiger partial charge in [0.1, 0.15) is 0 Å². The monoisotopic (exact) mass is 321 g/mol. The van der Waals surface area contributed by atoms with E-state index in [4.69, 9.17) is 4.52 Å². The van der Waals surface area contributed by atoms with Crippen LogP contribution in [-0.2, 0) is 0 Å². The molecule has 0 saturated carbocycles. The molecule has 1 fully saturated rings. The number of hydrogen-bond acceptors (Lipinski definition) is 4. The minimum absolute atomic E-state index is 0.410. The first kappa shape index (κ1) is 12.8. The highest BCUT2D eigenvalue weighted by molar-refractivity contribution is 9.10. The van der Waals surface area contributed by atoms with E-state index < -0.39 is 0 Å². The molecule has 2 heterocycles. The molecule has 4 nitrogen and oxygen atoms in total. The smallest absolute Gasteiger partial charge is 0.230 e. The number of hydrogen-bond donors (Lipinski definition) is 0. The van der Waals surface area contributed by atoms with Crippen molar-refractivity contribution in [2.45, 2.75) is 18.8 Å². The molecule has 0 spiro atoms. The van der Waals surface area contributed by atoms with E-state index in [0.29, 0.717) is 11.7 Å². The molecule has 100 valence electrons. The lowest BCUT2D eigenvalue weighted by Crippen LogP contribution is -2.29. The lowest BCUT2D eigenvalue weighted by atomic mass is 9.97. The summed E-state index contributed by atoms with van der Waals surface area (Å²) in [5, 5.41) is 4.10. The first-order valence-electron chi connectivity index (χ1n) is 6.50. The average molecular weight is 322 g/mol. The Kier molecular flexibility index (Phi) is 3.66. The molecule has 0 amide bonds. The van der Waals surface area contributed by atoms with Crippen LogP contribution in [0.15, 0.2) is 33.3 Å². The van der Waals surface area contributed by atoms with Crippen molar-refractivity contribution in [2.24, 2.45) is 0 Å². The van der Waals surface area contributed by atoms with E-state index in [2.05, 4.69) is 38.0 Å². The van der Waals surface area contributed by atoms with Crippen molar-refractivity contribution in [3.8, 4) is 11.4 Å². The zero-order chi connectivity index (χ0) is 13.2. The number of benzene rings is 1. The van der Waals surface area contributed by atoms with Crippen LogP contribution in [0, 0.1) is 0 Å². The van der Waals surface area contributed by atoms with Gasteiger partial charge in [0, 0.05) is 16.0 Å². The van der Waals surface area contributed by atoms with Crippen LogP contribution in [0.4, 0.5) is 0 Å². The summed E-state index contributed by atoms with van der Waals surface area (Å²) in [5.74, 6) is 1.88. The summed E-state index contributed by atoms with van der Waals surface area (Å²) in [4.78, 5) is 6.88. The molecule has 1 aliphatic heterocycles. The SMILES string of the molecule is CN1CCC(c2nc(-c3ccc(Br)cc3)no2)CC1. The van der Waals surface area contributed by atoms with Crippen molar-refractivity contribution in [2.75, 3.05) is 20.1 Å². The number of nitrogens with zero attached hydrogens (tertiary/aromatic N) is 3. The number of piperidine rings is 1. The van der Waals surface area contributed by atoms with Crippen molar-refractivity contribution in [3.63, 3.8) is 0 Å². The summed E-state index contributed by atoms with van der Waals surface area (Å²) in [6.07, 6.45) is 2.19. The maximum absolute atomic E-state index is 5.43. The third-order valence-corrected chi connectivity index (χ3v) is 4.14. The van der Waals surface area contributed by atoms with Crippen molar-refractivity contribution < 1.29 is 4.52 Å². The molecule has 1 saturated heterocycles. The number of aromatic nitrogens is 2. The molecule has 0 unspecified atom stereocenters. The van der Waals surface area contributed by atoms with Gasteiger partial charge in [-0.1, -0.05) is 21.1 Å². The Morgan fingerprint density at radius 2 is 1.89 bits per heavy atom. The molecule has 0 aliphatic carbocycles. The zero-order valence-corrected chi connectivity index (χ0v) is 12.4. The van der Waals surface area contributed by atoms with Crippen LogP contribution in [0.5, 0.6) is 0 Å². The van der Waals surface area contributed by atoms with E-state index in [1.807, 2.05) is 24.3 Å². The first-order valence-corrected chi connectivity index (χ1v) is 7.30. The van der Waals surface area contributed by atoms with Crippen LogP contribution < -0.4 is 0 Å². The molecule has 1 aliphatic rings. The van der Waals surface area contributed by atoms with Crippen molar-refractivity contribution in [3.05, 3.63) is 34.6 Å². The van der Waals surface area contributed by atoms with Crippen molar-refractivity contribution >= 4 is 15.9 Å². The van der Waals surface area contributed by atoms with Gasteiger partial charge >= 0.3 is 0 Å². The third kappa shape index (κ3) is 2.87. The summed E-state index contributed by atoms with van der Waals surface area (Å²) in [5.41, 5.74) is 0.992. The highest BCUT2D eigenvalue weighted by Gasteiger charge is 2.23. The molecule has 1 aromatic carbocycles. The molecular weight excluding hydrogens is 306 g/mol. The molecule has 19 heavy (non-hydrogen) atoms. The third-order valence-electron chi connectivity index (χ3n) is 3.61. The molecule has 0 N–H and O–H groups in total. The molecule has 3 rings (SSSR count). The van der Waals surface area contributed by atoms with Crippen LogP contribution in [0.2, 0.25) is 0 Å². The zero-order valence-electron chi connectivity index (χ0n) is 10.8. The van der Waals surface area contributed by atoms with Crippen LogP contribution in [0.1, 0.15) is 24.7 Å². The standard InChI is InChI=1S/C14H16BrN3O/c1-18-8-6-11(7-9-18)14-16-13(17-19-14)10-2-4-12(15)5-3-10/h2-5,11H,6-9H2,1H3. The van der Waals surface area contributed by atoms with Crippen LogP contribution in [-0.4, -0.2) is 35.2 Å². The minimum atomic E-state index is 0.410. The van der Waals surface area contributed by atoms with Crippen LogP contribution in [0.25, 0.3) is 11.4 Å². The molecule has 0 bridgehead atoms. The fraction of sp³-hybridized carbons (Fsp3) is 0.429. The molecule has 0 radical (unpaired) electrons. The van der Waals surface area contributed by atoms with Gasteiger partial charge in [-0.2, -0.15) is 4.98 Å². The second-order valence-electron chi connectivity index (χ2n) is 5.04. The fourth-order valence-electron chi connectivity index (χ4n) is 2.37. The van der Waals surface area contributed by atoms with E-state index in [9.17, 15) is 0 Å². The van der Waals surface area contributed by atoms with Gasteiger partial charge in [-0.3, -0.25) is 0 Å². The number of halogens is 1. The minimum Gasteiger partial charge on any atom is -0.339 e. The predicted molar refractivity (Wildman–Crippen MR) is 76.9 cm³/mol. The number of likely N-dealkylation sites (tertiary alicyclic amines) is 1. The first-order chi connectivity index (χ1) is 9.22. The molecule has 2 aromatic rings. The van der Waals surface area contributed by atoms with E-state index >= 15 is 0 Å². The highest BCUT2D eigenvalue weighted by atomic mass is 79.9. The molecular formula is C14H16BrN3O. The van der Waals surface area contributed by atoms with E-state index in [0.717, 1.165) is 41.9 Å². The van der Waals surface area contributed by atoms with Gasteiger partial charge in [-0.25, -0.2) is 0 Å². The topological polar surface area (TPSA) is 42.2 Å². The van der Waals surface area contributed by atoms with Gasteiger partial charge in [0.05, 0.1) is 0 Å². The van der Waals surface area contributed by atoms with Gasteiger partial charge in [0.15, 0.2) is 0 Å². The predicted octanol–water partition coefficient (Wildman–Crippen LogP) is 3.31. The second kappa shape index (κ2) is 5.43. The van der Waals surface area contributed by atoms with Gasteiger partial charge in [0.2, 0.25) is 11.7 Å². The normalized spacial score (nSPS) is 17.8. The molecule has 1 aromatic heterocycles. The van der Waals surface area contributed by atoms with Crippen molar-refractivity contribution in [1.82, 2.24) is 15.0 Å². The number of rotatable bonds is 2. The second-order valence-corrected chi connectivity index (χ2v) is 5.96. The van der Waals surface area contributed by atoms with E-state index in [1.165, 1.54) is 0 Å². The molecule has 0 atom stereocenters. The largest absolute Gasteiger partial charge is 0.339 e. The Hall–Kier alpha value is -1.20. The van der Waals surface area contributed by atoms with Gasteiger partial charge in [-0.05, 0) is 57.2 Å². The summed E-state index contributed by atoms with van der Waals surface area (Å²) in [7, 11) is 2.15. The highest BCUT2D eigenvalue weighted by Crippen LogP contribution is 2.28. The maximum atomic E-state index is 5.43. The Bertz CT molecular complexity index is 544. The van der Waals surface area contributed by atoms with Gasteiger partial charge in [-0.15, -0.1) is 0 Å². The maximum Gasteiger partial charge on any atom is 0.230 e. The van der Waals surface area contributed by atoms with Crippen LogP contribution in [0.3, 0.4) is 0 Å². The summed E-state index contributed by atoms with van der Waals surface area (Å²) in [6, 6.07) is 7.96. The summed E-state index contributed by atoms with van der Waals surface area (Å²) in [6.45, 7) is 2.20. The van der Waals surface area contributed by atoms with Gasteiger partial charge in [0.25, 0.3) is 0 Å². The fourth-order valence-corrected chi connectivity index (χ4v) is 2.64. The summed E-state index contributed by atoms with van der Waals surface area (Å²) >= 11 is 3.42. The lowest BCUT2D eigenvalue weighted by Gasteiger charge is -2.26. The molecule has 5 heteroatoms. The van der Waals surface area contributed by atoms with E-state index in [1.54, 1.807) is 0 Å². The van der Waals surface area contributed by atoms with Gasteiger partial charge < -0.3 is 9.42 Å². The van der Waals surface area contributed by atoms with E-state index in [-0.39, 0.29) is 0 Å². The Labute approximate surface area is 120 Å². The lowest BCUT2D eigenvalue weighted by molar-refractivity contribution is 0.227. The summed E-state index contributed by atoms with van der Waals surface area (Å²) < 4.78 is 6.48.